The van der Waals surface area contributed by atoms with Gasteiger partial charge in [-0.1, -0.05) is 36.4 Å². The summed E-state index contributed by atoms with van der Waals surface area (Å²) in [5, 5.41) is 31.5. The van der Waals surface area contributed by atoms with Gasteiger partial charge in [-0.25, -0.2) is 13.5 Å². The number of piperazine rings is 1. The van der Waals surface area contributed by atoms with Gasteiger partial charge < -0.3 is 20.0 Å². The van der Waals surface area contributed by atoms with Crippen LogP contribution in [0, 0.1) is 5.82 Å². The van der Waals surface area contributed by atoms with Crippen molar-refractivity contribution in [2.45, 2.75) is 24.2 Å². The minimum atomic E-state index is -4.03. The van der Waals surface area contributed by atoms with E-state index in [-0.39, 0.29) is 0 Å². The topological polar surface area (TPSA) is 116 Å². The molecule has 10 nitrogen and oxygen atoms in total. The Labute approximate surface area is 261 Å². The Bertz CT molecular complexity index is 1730. The number of rotatable bonds is 10. The summed E-state index contributed by atoms with van der Waals surface area (Å²) in [6.45, 7) is 1.26. The van der Waals surface area contributed by atoms with Crippen LogP contribution in [0.25, 0.3) is 11.1 Å². The molecular weight excluding hydrogens is 604 g/mol. The smallest absolute Gasteiger partial charge is 0.323 e. The summed E-state index contributed by atoms with van der Waals surface area (Å²) in [6, 6.07) is 18.5. The third kappa shape index (κ3) is 6.00. The fourth-order valence-corrected chi connectivity index (χ4v) is 5.55. The number of aromatic nitrogens is 6. The second kappa shape index (κ2) is 12.8. The third-order valence-corrected chi connectivity index (χ3v) is 8.18. The Morgan fingerprint density at radius 2 is 1.48 bits per heavy atom. The number of benzene rings is 2. The standard InChI is InChI=1S/C32H30F4N8O2/c33-17-29(45)28-11-10-25(19-37-28)43-15-13-42(14-16-43)24-8-5-22(6-9-24)23-7-12-30(38-18-23)32(35,36)31(46,20-44-21-39-40-41-44)26-3-1-2-4-27(26)34/h1-12,18-19,21,29,45-46H,13-17,20H2. The molecule has 0 amide bonds. The highest BCUT2D eigenvalue weighted by molar-refractivity contribution is 5.66. The van der Waals surface area contributed by atoms with E-state index in [0.29, 0.717) is 11.3 Å². The van der Waals surface area contributed by atoms with Gasteiger partial charge in [0.1, 0.15) is 30.6 Å². The van der Waals surface area contributed by atoms with E-state index in [2.05, 4.69) is 35.3 Å². The van der Waals surface area contributed by atoms with Gasteiger partial charge in [0.05, 0.1) is 24.1 Å². The maximum Gasteiger partial charge on any atom is 0.323 e. The molecule has 4 heterocycles. The molecule has 14 heteroatoms. The lowest BCUT2D eigenvalue weighted by Crippen LogP contribution is -2.48. The predicted molar refractivity (Wildman–Crippen MR) is 161 cm³/mol. The van der Waals surface area contributed by atoms with Gasteiger partial charge in [-0.15, -0.1) is 5.10 Å². The summed E-state index contributed by atoms with van der Waals surface area (Å²) in [7, 11) is 0. The Balaban J connectivity index is 1.15. The molecule has 3 aromatic heterocycles. The van der Waals surface area contributed by atoms with Crippen LogP contribution >= 0.6 is 0 Å². The molecule has 2 N–H and O–H groups in total. The molecule has 0 radical (unpaired) electrons. The van der Waals surface area contributed by atoms with Crippen LogP contribution in [-0.2, 0) is 18.1 Å². The quantitative estimate of drug-likeness (QED) is 0.217. The van der Waals surface area contributed by atoms with Crippen LogP contribution < -0.4 is 9.80 Å². The predicted octanol–water partition coefficient (Wildman–Crippen LogP) is 4.28. The summed E-state index contributed by atoms with van der Waals surface area (Å²) >= 11 is 0. The second-order valence-corrected chi connectivity index (χ2v) is 11.0. The maximum absolute atomic E-state index is 16.1. The number of tetrazole rings is 1. The van der Waals surface area contributed by atoms with Gasteiger partial charge in [-0.05, 0) is 52.4 Å². The van der Waals surface area contributed by atoms with Crippen molar-refractivity contribution in [2.75, 3.05) is 42.7 Å². The number of aliphatic hydroxyl groups is 2. The van der Waals surface area contributed by atoms with Crippen LogP contribution in [0.1, 0.15) is 23.1 Å². The number of alkyl halides is 3. The highest BCUT2D eigenvalue weighted by Gasteiger charge is 2.57. The van der Waals surface area contributed by atoms with Crippen molar-refractivity contribution in [1.29, 1.82) is 0 Å². The number of hydrogen-bond acceptors (Lipinski definition) is 9. The fraction of sp³-hybridized carbons (Fsp3) is 0.281. The first-order valence-corrected chi connectivity index (χ1v) is 14.5. The molecular formula is C32H30F4N8O2. The zero-order valence-electron chi connectivity index (χ0n) is 24.5. The average Bonchev–Trinajstić information content (AvgIpc) is 3.61. The monoisotopic (exact) mass is 634 g/mol. The third-order valence-electron chi connectivity index (χ3n) is 8.18. The minimum absolute atomic E-state index is 0.300. The molecule has 6 rings (SSSR count). The summed E-state index contributed by atoms with van der Waals surface area (Å²) in [5.41, 5.74) is -0.872. The van der Waals surface area contributed by atoms with Crippen molar-refractivity contribution >= 4 is 11.4 Å². The molecule has 46 heavy (non-hydrogen) atoms. The first-order chi connectivity index (χ1) is 22.2. The highest BCUT2D eigenvalue weighted by Crippen LogP contribution is 2.46. The first-order valence-electron chi connectivity index (χ1n) is 14.5. The normalized spacial score (nSPS) is 15.9. The van der Waals surface area contributed by atoms with Gasteiger partial charge in [0.2, 0.25) is 0 Å². The lowest BCUT2D eigenvalue weighted by molar-refractivity contribution is -0.207. The summed E-state index contributed by atoms with van der Waals surface area (Å²) in [4.78, 5) is 12.6. The van der Waals surface area contributed by atoms with Crippen LogP contribution in [0.4, 0.5) is 28.9 Å². The molecule has 1 fully saturated rings. The fourth-order valence-electron chi connectivity index (χ4n) is 5.55. The minimum Gasteiger partial charge on any atom is -0.384 e. The molecule has 5 aromatic rings. The number of aliphatic hydroxyl groups excluding tert-OH is 1. The van der Waals surface area contributed by atoms with Crippen LogP contribution in [0.3, 0.4) is 0 Å². The van der Waals surface area contributed by atoms with E-state index in [1.165, 1.54) is 24.4 Å². The Morgan fingerprint density at radius 1 is 0.804 bits per heavy atom. The van der Waals surface area contributed by atoms with E-state index in [1.807, 2.05) is 30.3 Å². The molecule has 2 unspecified atom stereocenters. The van der Waals surface area contributed by atoms with E-state index < -0.39 is 47.9 Å². The van der Waals surface area contributed by atoms with Crippen molar-refractivity contribution < 1.29 is 27.8 Å². The maximum atomic E-state index is 16.1. The van der Waals surface area contributed by atoms with E-state index in [0.717, 1.165) is 72.3 Å². The molecule has 0 saturated carbocycles. The summed E-state index contributed by atoms with van der Waals surface area (Å²) in [6.07, 6.45) is 2.77. The molecule has 0 aliphatic carbocycles. The van der Waals surface area contributed by atoms with E-state index in [4.69, 9.17) is 0 Å². The van der Waals surface area contributed by atoms with Crippen LogP contribution in [0.5, 0.6) is 0 Å². The van der Waals surface area contributed by atoms with E-state index in [1.54, 1.807) is 12.3 Å². The molecule has 0 spiro atoms. The number of anilines is 2. The van der Waals surface area contributed by atoms with Gasteiger partial charge >= 0.3 is 5.92 Å². The second-order valence-electron chi connectivity index (χ2n) is 11.0. The van der Waals surface area contributed by atoms with Gasteiger partial charge in [-0.3, -0.25) is 9.97 Å². The van der Waals surface area contributed by atoms with Crippen molar-refractivity contribution in [1.82, 2.24) is 30.2 Å². The number of halogens is 4. The molecule has 0 bridgehead atoms. The summed E-state index contributed by atoms with van der Waals surface area (Å²) in [5.74, 6) is -5.03. The molecule has 2 atom stereocenters. The van der Waals surface area contributed by atoms with Crippen LogP contribution in [0.2, 0.25) is 0 Å². The Morgan fingerprint density at radius 3 is 2.07 bits per heavy atom. The van der Waals surface area contributed by atoms with Crippen LogP contribution in [0.15, 0.2) is 91.5 Å². The van der Waals surface area contributed by atoms with Gasteiger partial charge in [-0.2, -0.15) is 8.78 Å². The SMILES string of the molecule is OC(CF)c1ccc(N2CCN(c3ccc(-c4ccc(C(F)(F)C(O)(Cn5cnnn5)c5ccccc5F)nc4)cc3)CC2)cn1. The number of nitrogens with zero attached hydrogens (tertiary/aromatic N) is 8. The summed E-state index contributed by atoms with van der Waals surface area (Å²) < 4.78 is 60.5. The Kier molecular flexibility index (Phi) is 8.65. The highest BCUT2D eigenvalue weighted by atomic mass is 19.3. The molecule has 238 valence electrons. The molecule has 1 aliphatic rings. The van der Waals surface area contributed by atoms with Gasteiger partial charge in [0, 0.05) is 49.2 Å². The average molecular weight is 635 g/mol. The Hall–Kier alpha value is -4.95. The van der Waals surface area contributed by atoms with Crippen molar-refractivity contribution in [2.24, 2.45) is 0 Å². The van der Waals surface area contributed by atoms with Crippen molar-refractivity contribution in [3.63, 3.8) is 0 Å². The lowest BCUT2D eigenvalue weighted by Gasteiger charge is -2.37. The molecule has 2 aromatic carbocycles. The van der Waals surface area contributed by atoms with E-state index in [9.17, 15) is 19.0 Å². The number of pyridine rings is 2. The molecule has 1 saturated heterocycles. The van der Waals surface area contributed by atoms with Gasteiger partial charge in [0.15, 0.2) is 5.60 Å². The largest absolute Gasteiger partial charge is 0.384 e. The van der Waals surface area contributed by atoms with Gasteiger partial charge in [0.25, 0.3) is 0 Å². The first kappa shape index (κ1) is 31.0. The molecule has 1 aliphatic heterocycles. The zero-order chi connectivity index (χ0) is 32.3. The van der Waals surface area contributed by atoms with Crippen LogP contribution in [-0.4, -0.2) is 73.2 Å². The lowest BCUT2D eigenvalue weighted by atomic mass is 9.84. The van der Waals surface area contributed by atoms with E-state index >= 15 is 8.78 Å². The van der Waals surface area contributed by atoms with Crippen molar-refractivity contribution in [3.05, 3.63) is 114 Å². The number of hydrogen-bond donors (Lipinski definition) is 2. The van der Waals surface area contributed by atoms with Crippen molar-refractivity contribution in [3.8, 4) is 11.1 Å². The zero-order valence-corrected chi connectivity index (χ0v) is 24.5.